The maximum atomic E-state index is 6.13. The molecular formula is C119H206ClN19O4S4. The highest BCUT2D eigenvalue weighted by Gasteiger charge is 2.29. The first kappa shape index (κ1) is 137. The minimum Gasteiger partial charge on any atom is -0.448 e. The van der Waals surface area contributed by atoms with Crippen molar-refractivity contribution in [2.75, 3.05) is 21.3 Å². The molecule has 28 heteroatoms. The van der Waals surface area contributed by atoms with E-state index in [0.29, 0.717) is 71.7 Å². The van der Waals surface area contributed by atoms with Gasteiger partial charge in [-0.05, 0) is 159 Å². The van der Waals surface area contributed by atoms with Gasteiger partial charge in [0.05, 0.1) is 78.0 Å². The zero-order chi connectivity index (χ0) is 114. The Labute approximate surface area is 915 Å². The van der Waals surface area contributed by atoms with Gasteiger partial charge in [-0.25, -0.2) is 24.9 Å². The van der Waals surface area contributed by atoms with Crippen LogP contribution in [-0.4, -0.2) is 98.7 Å². The van der Waals surface area contributed by atoms with Crippen molar-refractivity contribution in [2.24, 2.45) is 0 Å². The number of hydrogen-bond acceptors (Lipinski definition) is 24. The van der Waals surface area contributed by atoms with Gasteiger partial charge >= 0.3 is 0 Å². The maximum Gasteiger partial charge on any atom is 0.294 e. The van der Waals surface area contributed by atoms with E-state index in [-0.39, 0.29) is 65.2 Å². The molecule has 0 unspecified atom stereocenters. The largest absolute Gasteiger partial charge is 0.448 e. The number of rotatable bonds is 15. The molecule has 0 aliphatic heterocycles. The number of hydrogen-bond donors (Lipinski definition) is 4. The molecule has 832 valence electrons. The molecule has 0 aliphatic carbocycles. The topological polar surface area (TPSA) is 270 Å². The second-order valence-electron chi connectivity index (χ2n) is 53.5. The van der Waals surface area contributed by atoms with E-state index in [1.54, 1.807) is 52.7 Å². The molecule has 0 saturated carbocycles. The van der Waals surface area contributed by atoms with E-state index < -0.39 is 0 Å². The van der Waals surface area contributed by atoms with E-state index in [2.05, 4.69) is 536 Å². The lowest BCUT2D eigenvalue weighted by Gasteiger charge is -2.19. The molecule has 12 aromatic rings. The summed E-state index contributed by atoms with van der Waals surface area (Å²) in [4.78, 5) is 31.6. The van der Waals surface area contributed by atoms with Crippen LogP contribution < -0.4 is 21.3 Å². The van der Waals surface area contributed by atoms with Crippen LogP contribution in [0.1, 0.15) is 533 Å². The smallest absolute Gasteiger partial charge is 0.294 e. The Morgan fingerprint density at radius 2 is 0.789 bits per heavy atom. The van der Waals surface area contributed by atoms with Crippen molar-refractivity contribution in [2.45, 2.75) is 533 Å². The van der Waals surface area contributed by atoms with Gasteiger partial charge in [-0.15, -0.1) is 34.0 Å². The van der Waals surface area contributed by atoms with Crippen LogP contribution in [0.25, 0.3) is 0 Å². The third-order valence-corrected chi connectivity index (χ3v) is 25.5. The van der Waals surface area contributed by atoms with Gasteiger partial charge in [0.2, 0.25) is 5.88 Å². The molecule has 0 atom stereocenters. The van der Waals surface area contributed by atoms with Crippen LogP contribution in [0.4, 0.5) is 22.2 Å². The Kier molecular flexibility index (Phi) is 54.3. The van der Waals surface area contributed by atoms with E-state index in [9.17, 15) is 0 Å². The fraction of sp³-hybridized carbons (Fsp3) is 0.681. The SMILES string of the molecule is CC(C)(C)n1cccn1.CC(C)Nc1cc(C(C)(C)C)no1.CC(C)Nc1nc(C(C)(C)C)c(Cl)s1.CC(C)Nc1nc(C(C)(C)C)co1.CC(C)Nc1nc(C(C)(C)C)cs1.CC(C)c1cc(C(C)(C)C)no1.CC(C)c1cccc(C(C)(C)C)n1.CC(C)c1ccn(C(C)(C)C)n1.CC(C)c1csc(C(C)(C)C)n1.CC(C)c1nc(C(C)(C)C)co1.CC(C)c1nc(C(C)(C)C)cs1.CC(C)n1ccc(C(C)(C)C)n1. The van der Waals surface area contributed by atoms with Crippen molar-refractivity contribution in [1.82, 2.24) is 74.5 Å². The summed E-state index contributed by atoms with van der Waals surface area (Å²) in [6.07, 6.45) is 11.3. The summed E-state index contributed by atoms with van der Waals surface area (Å²) < 4.78 is 27.7. The molecule has 12 aromatic heterocycles. The van der Waals surface area contributed by atoms with Crippen LogP contribution in [-0.2, 0) is 65.2 Å². The van der Waals surface area contributed by atoms with Crippen LogP contribution in [0.3, 0.4) is 0 Å². The minimum atomic E-state index is 0.0183. The molecular weight excluding hydrogens is 1920 g/mol. The third kappa shape index (κ3) is 53.5. The van der Waals surface area contributed by atoms with Gasteiger partial charge in [0.15, 0.2) is 16.2 Å². The second kappa shape index (κ2) is 58.5. The highest BCUT2D eigenvalue weighted by molar-refractivity contribution is 7.19. The van der Waals surface area contributed by atoms with Crippen LogP contribution in [0.5, 0.6) is 0 Å². The fourth-order valence-electron chi connectivity index (χ4n) is 11.4. The summed E-state index contributed by atoms with van der Waals surface area (Å²) in [5, 5.41) is 44.9. The van der Waals surface area contributed by atoms with Gasteiger partial charge in [0.1, 0.15) is 22.6 Å². The summed E-state index contributed by atoms with van der Waals surface area (Å²) in [7, 11) is 0. The van der Waals surface area contributed by atoms with Crippen molar-refractivity contribution < 1.29 is 17.9 Å². The highest BCUT2D eigenvalue weighted by atomic mass is 35.5. The van der Waals surface area contributed by atoms with Gasteiger partial charge in [-0.1, -0.05) is 330 Å². The van der Waals surface area contributed by atoms with Gasteiger partial charge in [0, 0.05) is 167 Å². The lowest BCUT2D eigenvalue weighted by atomic mass is 9.91. The molecule has 0 fully saturated rings. The van der Waals surface area contributed by atoms with Crippen LogP contribution in [0, 0.1) is 0 Å². The first-order chi connectivity index (χ1) is 66.5. The number of aromatic nitrogens is 15. The lowest BCUT2D eigenvalue weighted by molar-refractivity contribution is 0.352. The van der Waals surface area contributed by atoms with E-state index in [1.807, 2.05) is 44.6 Å². The Bertz CT molecular complexity index is 4990. The molecule has 4 N–H and O–H groups in total. The first-order valence-electron chi connectivity index (χ1n) is 53.0. The van der Waals surface area contributed by atoms with Crippen molar-refractivity contribution in [1.29, 1.82) is 0 Å². The zero-order valence-electron chi connectivity index (χ0n) is 103. The summed E-state index contributed by atoms with van der Waals surface area (Å²) in [5.74, 6) is 5.51. The third-order valence-electron chi connectivity index (χ3n) is 21.1. The number of anilines is 4. The van der Waals surface area contributed by atoms with E-state index in [1.165, 1.54) is 55.5 Å². The summed E-state index contributed by atoms with van der Waals surface area (Å²) >= 11 is 12.9. The van der Waals surface area contributed by atoms with Crippen molar-refractivity contribution in [3.63, 3.8) is 0 Å². The number of thiazole rings is 4. The number of oxazole rings is 2. The quantitative estimate of drug-likeness (QED) is 0.0742. The molecule has 12 rings (SSSR count). The zero-order valence-corrected chi connectivity index (χ0v) is 107. The summed E-state index contributed by atoms with van der Waals surface area (Å²) in [6.45, 7) is 124. The summed E-state index contributed by atoms with van der Waals surface area (Å²) in [5.41, 5.74) is 14.8. The molecule has 0 radical (unpaired) electrons. The van der Waals surface area contributed by atoms with Crippen LogP contribution in [0.15, 0.2) is 120 Å². The normalized spacial score (nSPS) is 12.3. The molecule has 0 saturated heterocycles. The Hall–Kier alpha value is -8.37. The van der Waals surface area contributed by atoms with Crippen molar-refractivity contribution in [3.05, 3.63) is 196 Å². The van der Waals surface area contributed by atoms with Crippen LogP contribution >= 0.6 is 56.9 Å². The average Bonchev–Trinajstić information content (AvgIpc) is 1.60. The van der Waals surface area contributed by atoms with Gasteiger partial charge < -0.3 is 39.1 Å². The van der Waals surface area contributed by atoms with Gasteiger partial charge in [0.25, 0.3) is 6.01 Å². The Balaban J connectivity index is 0.000000803. The number of halogens is 1. The highest BCUT2D eigenvalue weighted by Crippen LogP contribution is 2.38. The molecule has 147 heavy (non-hydrogen) atoms. The second-order valence-corrected chi connectivity index (χ2v) is 57.7. The molecule has 0 spiro atoms. The van der Waals surface area contributed by atoms with Crippen molar-refractivity contribution in [3.8, 4) is 0 Å². The molecule has 0 amide bonds. The Morgan fingerprint density at radius 3 is 1.10 bits per heavy atom. The maximum absolute atomic E-state index is 6.13. The van der Waals surface area contributed by atoms with Crippen molar-refractivity contribution >= 4 is 79.1 Å². The predicted octanol–water partition coefficient (Wildman–Crippen LogP) is 36.7. The summed E-state index contributed by atoms with van der Waals surface area (Å²) in [6, 6.07) is 19.1. The van der Waals surface area contributed by atoms with E-state index >= 15 is 0 Å². The molecule has 0 bridgehead atoms. The number of nitrogens with one attached hydrogen (secondary N) is 4. The number of nitrogens with zero attached hydrogens (tertiary/aromatic N) is 15. The minimum absolute atomic E-state index is 0.0183. The monoisotopic (exact) mass is 2130 g/mol. The Morgan fingerprint density at radius 1 is 0.327 bits per heavy atom. The molecule has 0 aliphatic rings. The first-order valence-corrected chi connectivity index (χ1v) is 56.9. The van der Waals surface area contributed by atoms with E-state index in [0.717, 1.165) is 66.3 Å². The lowest BCUT2D eigenvalue weighted by Crippen LogP contribution is -2.22. The van der Waals surface area contributed by atoms with Gasteiger partial charge in [-0.3, -0.25) is 19.0 Å². The molecule has 0 aromatic carbocycles. The standard InChI is InChI=1S/C12H19N.C10H17ClN2S.2C10H18N2O.C10H18N2S.2C10H18N2.2C10H17NO.2C10H17NS.C7H12N2/c1-9(2)10-7-6-8-11(13-10)12(3,4)5;1-6(2)12-9-13-7(8(11)14-9)10(3,4)5;1-7(2)11-9-12-8(6-13-9)10(3,4)5;1-7(2)11-9-6-8(12-13-9)10(3,4)5;1-7(2)11-9-12-8(6-13-9)10(3,4)5;1-8(2)12-7-6-9(11-12)10(3,4)5;1-8(2)9-6-7-12(11-9)10(3,4)5;1-7(2)9-11-8(6-12-9)10(3,4)5;1-7(2)8-6-9(11-12-8)10(3,4)5;1-7(2)9-11-8(6-12-9)10(3,4)5;1-7(2)8-6-12-9(11-8)10(3,4)5;1-7(2,3)9-6-4-5-8-9/h6-9H,1-5H3;6H,1-5H3,(H,12,13);6-7H,1-5H3,(H,11,12);6-7,11H,1-5H3;6-7H,1-5H3,(H,11,12);2*6-8H,1-5H3;4*6-7H,1-5H3;4-6H,1-3H3. The van der Waals surface area contributed by atoms with Crippen LogP contribution in [0.2, 0.25) is 4.34 Å². The van der Waals surface area contributed by atoms with Gasteiger partial charge in [-0.2, -0.15) is 20.3 Å². The van der Waals surface area contributed by atoms with E-state index in [4.69, 9.17) is 29.5 Å². The fourth-order valence-corrected chi connectivity index (χ4v) is 16.2. The molecule has 23 nitrogen and oxygen atoms in total. The number of pyridine rings is 1. The predicted molar refractivity (Wildman–Crippen MR) is 637 cm³/mol. The molecule has 12 heterocycles. The average molecular weight is 2130 g/mol.